The number of rotatable bonds is 4. The first-order valence-corrected chi connectivity index (χ1v) is 6.22. The van der Waals surface area contributed by atoms with E-state index in [1.54, 1.807) is 18.5 Å². The SMILES string of the molecule is CC(N[C@@H](C)c1ccncc1)c1ccc(O)cc1F. The fraction of sp³-hybridized carbons (Fsp3) is 0.267. The molecule has 0 radical (unpaired) electrons. The molecule has 2 aromatic rings. The van der Waals surface area contributed by atoms with E-state index in [0.29, 0.717) is 5.56 Å². The van der Waals surface area contributed by atoms with Gasteiger partial charge in [0.2, 0.25) is 0 Å². The summed E-state index contributed by atoms with van der Waals surface area (Å²) in [4.78, 5) is 3.97. The number of pyridine rings is 1. The number of hydrogen-bond acceptors (Lipinski definition) is 3. The Balaban J connectivity index is 2.10. The van der Waals surface area contributed by atoms with E-state index in [4.69, 9.17) is 0 Å². The molecule has 0 aliphatic heterocycles. The average Bonchev–Trinajstić information content (AvgIpc) is 2.39. The molecule has 2 N–H and O–H groups in total. The molecule has 0 spiro atoms. The van der Waals surface area contributed by atoms with Crippen molar-refractivity contribution in [3.8, 4) is 5.75 Å². The quantitative estimate of drug-likeness (QED) is 0.886. The third-order valence-electron chi connectivity index (χ3n) is 3.16. The molecule has 1 unspecified atom stereocenters. The van der Waals surface area contributed by atoms with Gasteiger partial charge in [-0.1, -0.05) is 6.07 Å². The number of hydrogen-bond donors (Lipinski definition) is 2. The van der Waals surface area contributed by atoms with E-state index in [1.807, 2.05) is 26.0 Å². The summed E-state index contributed by atoms with van der Waals surface area (Å²) in [5, 5.41) is 12.5. The summed E-state index contributed by atoms with van der Waals surface area (Å²) in [7, 11) is 0. The molecule has 1 heterocycles. The zero-order valence-corrected chi connectivity index (χ0v) is 11.0. The van der Waals surface area contributed by atoms with E-state index in [9.17, 15) is 9.50 Å². The maximum atomic E-state index is 13.7. The van der Waals surface area contributed by atoms with E-state index < -0.39 is 5.82 Å². The molecule has 0 saturated heterocycles. The molecule has 0 fully saturated rings. The van der Waals surface area contributed by atoms with E-state index >= 15 is 0 Å². The van der Waals surface area contributed by atoms with Gasteiger partial charge in [-0.2, -0.15) is 0 Å². The van der Waals surface area contributed by atoms with Crippen LogP contribution < -0.4 is 5.32 Å². The molecule has 0 aliphatic carbocycles. The number of nitrogens with zero attached hydrogens (tertiary/aromatic N) is 1. The Morgan fingerprint density at radius 3 is 2.42 bits per heavy atom. The van der Waals surface area contributed by atoms with E-state index in [-0.39, 0.29) is 17.8 Å². The highest BCUT2D eigenvalue weighted by Crippen LogP contribution is 2.23. The summed E-state index contributed by atoms with van der Waals surface area (Å²) in [6.07, 6.45) is 3.47. The summed E-state index contributed by atoms with van der Waals surface area (Å²) >= 11 is 0. The van der Waals surface area contributed by atoms with Crippen molar-refractivity contribution in [1.82, 2.24) is 10.3 Å². The molecule has 0 bridgehead atoms. The Hall–Kier alpha value is -1.94. The topological polar surface area (TPSA) is 45.2 Å². The predicted molar refractivity (Wildman–Crippen MR) is 72.3 cm³/mol. The van der Waals surface area contributed by atoms with Crippen molar-refractivity contribution in [1.29, 1.82) is 0 Å². The second-order valence-corrected chi connectivity index (χ2v) is 4.60. The molecule has 0 saturated carbocycles. The van der Waals surface area contributed by atoms with Gasteiger partial charge in [0.05, 0.1) is 0 Å². The minimum atomic E-state index is -0.401. The maximum absolute atomic E-state index is 13.7. The number of phenols is 1. The summed E-state index contributed by atoms with van der Waals surface area (Å²) in [5.74, 6) is -0.461. The smallest absolute Gasteiger partial charge is 0.131 e. The first-order valence-electron chi connectivity index (χ1n) is 6.22. The van der Waals surface area contributed by atoms with Gasteiger partial charge in [0.25, 0.3) is 0 Å². The number of nitrogens with one attached hydrogen (secondary N) is 1. The molecule has 2 rings (SSSR count). The fourth-order valence-corrected chi connectivity index (χ4v) is 2.08. The monoisotopic (exact) mass is 260 g/mol. The average molecular weight is 260 g/mol. The predicted octanol–water partition coefficient (Wildman–Crippen LogP) is 3.34. The van der Waals surface area contributed by atoms with Crippen LogP contribution in [0.25, 0.3) is 0 Å². The van der Waals surface area contributed by atoms with Crippen LogP contribution in [0, 0.1) is 5.82 Å². The van der Waals surface area contributed by atoms with Crippen molar-refractivity contribution in [2.24, 2.45) is 0 Å². The maximum Gasteiger partial charge on any atom is 0.131 e. The zero-order valence-electron chi connectivity index (χ0n) is 11.0. The number of phenolic OH excluding ortho intramolecular Hbond substituents is 1. The number of halogens is 1. The summed E-state index contributed by atoms with van der Waals surface area (Å²) < 4.78 is 13.7. The van der Waals surface area contributed by atoms with Gasteiger partial charge in [-0.3, -0.25) is 4.98 Å². The van der Waals surface area contributed by atoms with Gasteiger partial charge in [-0.15, -0.1) is 0 Å². The Labute approximate surface area is 112 Å². The Bertz CT molecular complexity index is 545. The summed E-state index contributed by atoms with van der Waals surface area (Å²) in [6, 6.07) is 8.02. The minimum Gasteiger partial charge on any atom is -0.508 e. The molecule has 0 amide bonds. The molecule has 3 nitrogen and oxygen atoms in total. The molecule has 4 heteroatoms. The molecule has 100 valence electrons. The highest BCUT2D eigenvalue weighted by Gasteiger charge is 2.14. The van der Waals surface area contributed by atoms with Crippen LogP contribution in [0.2, 0.25) is 0 Å². The molecular formula is C15H17FN2O. The van der Waals surface area contributed by atoms with Gasteiger partial charge in [0.1, 0.15) is 11.6 Å². The van der Waals surface area contributed by atoms with Gasteiger partial charge in [-0.25, -0.2) is 4.39 Å². The van der Waals surface area contributed by atoms with Crippen molar-refractivity contribution >= 4 is 0 Å². The van der Waals surface area contributed by atoms with Gasteiger partial charge in [-0.05, 0) is 37.6 Å². The van der Waals surface area contributed by atoms with Crippen molar-refractivity contribution in [2.45, 2.75) is 25.9 Å². The van der Waals surface area contributed by atoms with Crippen molar-refractivity contribution in [2.75, 3.05) is 0 Å². The van der Waals surface area contributed by atoms with Gasteiger partial charge in [0, 0.05) is 36.1 Å². The lowest BCUT2D eigenvalue weighted by Gasteiger charge is -2.21. The van der Waals surface area contributed by atoms with Gasteiger partial charge < -0.3 is 10.4 Å². The summed E-state index contributed by atoms with van der Waals surface area (Å²) in [5.41, 5.74) is 1.64. The van der Waals surface area contributed by atoms with Crippen LogP contribution in [0.1, 0.15) is 37.1 Å². The van der Waals surface area contributed by atoms with Crippen LogP contribution in [0.15, 0.2) is 42.7 Å². The number of aromatic nitrogens is 1. The molecular weight excluding hydrogens is 243 g/mol. The lowest BCUT2D eigenvalue weighted by Crippen LogP contribution is -2.23. The Morgan fingerprint density at radius 2 is 1.79 bits per heavy atom. The van der Waals surface area contributed by atoms with Crippen molar-refractivity contribution in [3.05, 3.63) is 59.7 Å². The van der Waals surface area contributed by atoms with Crippen LogP contribution in [-0.2, 0) is 0 Å². The molecule has 19 heavy (non-hydrogen) atoms. The molecule has 2 atom stereocenters. The van der Waals surface area contributed by atoms with E-state index in [1.165, 1.54) is 6.07 Å². The summed E-state index contributed by atoms with van der Waals surface area (Å²) in [6.45, 7) is 3.91. The van der Waals surface area contributed by atoms with Crippen LogP contribution in [0.3, 0.4) is 0 Å². The fourth-order valence-electron chi connectivity index (χ4n) is 2.08. The largest absolute Gasteiger partial charge is 0.508 e. The Morgan fingerprint density at radius 1 is 1.11 bits per heavy atom. The Kier molecular flexibility index (Phi) is 4.12. The lowest BCUT2D eigenvalue weighted by atomic mass is 10.0. The van der Waals surface area contributed by atoms with Crippen LogP contribution in [-0.4, -0.2) is 10.1 Å². The standard InChI is InChI=1S/C15H17FN2O/c1-10(12-5-7-17-8-6-12)18-11(2)14-4-3-13(19)9-15(14)16/h3-11,18-19H,1-2H3/t10-,11?/m0/s1. The highest BCUT2D eigenvalue weighted by atomic mass is 19.1. The first kappa shape index (κ1) is 13.5. The van der Waals surface area contributed by atoms with Crippen molar-refractivity contribution < 1.29 is 9.50 Å². The normalized spacial score (nSPS) is 14.1. The van der Waals surface area contributed by atoms with Crippen LogP contribution in [0.4, 0.5) is 4.39 Å². The molecule has 1 aromatic carbocycles. The van der Waals surface area contributed by atoms with Gasteiger partial charge in [0.15, 0.2) is 0 Å². The van der Waals surface area contributed by atoms with Gasteiger partial charge >= 0.3 is 0 Å². The number of aromatic hydroxyl groups is 1. The lowest BCUT2D eigenvalue weighted by molar-refractivity contribution is 0.454. The molecule has 1 aromatic heterocycles. The van der Waals surface area contributed by atoms with E-state index in [2.05, 4.69) is 10.3 Å². The van der Waals surface area contributed by atoms with E-state index in [0.717, 1.165) is 11.6 Å². The molecule has 0 aliphatic rings. The third kappa shape index (κ3) is 3.29. The number of benzene rings is 1. The second-order valence-electron chi connectivity index (χ2n) is 4.60. The second kappa shape index (κ2) is 5.80. The van der Waals surface area contributed by atoms with Crippen molar-refractivity contribution in [3.63, 3.8) is 0 Å². The van der Waals surface area contributed by atoms with Crippen LogP contribution in [0.5, 0.6) is 5.75 Å². The highest BCUT2D eigenvalue weighted by molar-refractivity contribution is 5.30. The first-order chi connectivity index (χ1) is 9.08. The minimum absolute atomic E-state index is 0.0596. The van der Waals surface area contributed by atoms with Crippen LogP contribution >= 0.6 is 0 Å². The third-order valence-corrected chi connectivity index (χ3v) is 3.16. The zero-order chi connectivity index (χ0) is 13.8.